The number of hydrogen-bond acceptors (Lipinski definition) is 3. The Kier molecular flexibility index (Phi) is 4.50. The maximum atomic E-state index is 4.72. The Morgan fingerprint density at radius 1 is 0.950 bits per heavy atom. The van der Waals surface area contributed by atoms with Gasteiger partial charge in [-0.15, -0.1) is 0 Å². The van der Waals surface area contributed by atoms with E-state index in [1.165, 1.54) is 22.3 Å². The van der Waals surface area contributed by atoms with Crippen molar-refractivity contribution in [2.24, 2.45) is 0 Å². The number of aromatic nitrogens is 2. The van der Waals surface area contributed by atoms with E-state index in [0.29, 0.717) is 0 Å². The Balaban J connectivity index is 2.50. The topological polar surface area (TPSA) is 37.8 Å². The summed E-state index contributed by atoms with van der Waals surface area (Å²) in [7, 11) is 0. The molecule has 1 aromatic carbocycles. The minimum Gasteiger partial charge on any atom is -0.310 e. The molecule has 0 unspecified atom stereocenters. The summed E-state index contributed by atoms with van der Waals surface area (Å²) < 4.78 is 0. The van der Waals surface area contributed by atoms with E-state index in [-0.39, 0.29) is 0 Å². The highest BCUT2D eigenvalue weighted by atomic mass is 15.0. The van der Waals surface area contributed by atoms with Gasteiger partial charge in [-0.2, -0.15) is 0 Å². The molecule has 0 fully saturated rings. The molecule has 2 rings (SSSR count). The van der Waals surface area contributed by atoms with Crippen LogP contribution in [0.1, 0.15) is 35.1 Å². The van der Waals surface area contributed by atoms with Crippen LogP contribution in [0.25, 0.3) is 11.3 Å². The predicted molar refractivity (Wildman–Crippen MR) is 83.8 cm³/mol. The Labute approximate surface area is 121 Å². The highest BCUT2D eigenvalue weighted by Crippen LogP contribution is 2.27. The summed E-state index contributed by atoms with van der Waals surface area (Å²) in [6.07, 6.45) is 0. The lowest BCUT2D eigenvalue weighted by Crippen LogP contribution is -2.15. The second-order valence-corrected chi connectivity index (χ2v) is 5.36. The summed E-state index contributed by atoms with van der Waals surface area (Å²) >= 11 is 0. The first kappa shape index (κ1) is 14.7. The van der Waals surface area contributed by atoms with Crippen LogP contribution in [0.15, 0.2) is 18.2 Å². The monoisotopic (exact) mass is 269 g/mol. The molecule has 2 aromatic rings. The quantitative estimate of drug-likeness (QED) is 0.923. The van der Waals surface area contributed by atoms with Gasteiger partial charge < -0.3 is 5.32 Å². The first-order valence-corrected chi connectivity index (χ1v) is 7.14. The molecule has 0 amide bonds. The minimum atomic E-state index is 0.717. The third kappa shape index (κ3) is 3.23. The molecule has 0 aliphatic heterocycles. The smallest absolute Gasteiger partial charge is 0.143 e. The summed E-state index contributed by atoms with van der Waals surface area (Å²) in [5.74, 6) is 0.862. The van der Waals surface area contributed by atoms with Crippen LogP contribution in [-0.2, 0) is 6.54 Å². The van der Waals surface area contributed by atoms with E-state index in [0.717, 1.165) is 30.3 Å². The predicted octanol–water partition coefficient (Wildman–Crippen LogP) is 3.49. The van der Waals surface area contributed by atoms with Crippen LogP contribution in [0, 0.1) is 27.7 Å². The summed E-state index contributed by atoms with van der Waals surface area (Å²) in [5.41, 5.74) is 7.12. The van der Waals surface area contributed by atoms with E-state index >= 15 is 0 Å². The fourth-order valence-electron chi connectivity index (χ4n) is 2.66. The van der Waals surface area contributed by atoms with Crippen LogP contribution in [0.4, 0.5) is 0 Å². The highest BCUT2D eigenvalue weighted by molar-refractivity contribution is 5.68. The van der Waals surface area contributed by atoms with Crippen molar-refractivity contribution in [1.82, 2.24) is 15.3 Å². The lowest BCUT2D eigenvalue weighted by atomic mass is 9.97. The van der Waals surface area contributed by atoms with Gasteiger partial charge in [0.05, 0.1) is 12.2 Å². The number of aryl methyl sites for hydroxylation is 4. The van der Waals surface area contributed by atoms with Gasteiger partial charge in [0.1, 0.15) is 5.82 Å². The van der Waals surface area contributed by atoms with Gasteiger partial charge in [0, 0.05) is 11.3 Å². The molecule has 0 atom stereocenters. The number of benzene rings is 1. The zero-order valence-electron chi connectivity index (χ0n) is 13.0. The first-order chi connectivity index (χ1) is 9.51. The lowest BCUT2D eigenvalue weighted by molar-refractivity contribution is 0.688. The Bertz CT molecular complexity index is 595. The summed E-state index contributed by atoms with van der Waals surface area (Å²) in [6, 6.07) is 6.49. The molecule has 106 valence electrons. The molecular formula is C17H23N3. The van der Waals surface area contributed by atoms with Gasteiger partial charge in [-0.25, -0.2) is 9.97 Å². The number of nitrogens with one attached hydrogen (secondary N) is 1. The molecular weight excluding hydrogens is 246 g/mol. The average Bonchev–Trinajstić information content (AvgIpc) is 2.34. The van der Waals surface area contributed by atoms with Crippen LogP contribution in [-0.4, -0.2) is 16.5 Å². The maximum Gasteiger partial charge on any atom is 0.143 e. The molecule has 1 N–H and O–H groups in total. The summed E-state index contributed by atoms with van der Waals surface area (Å²) in [5, 5.41) is 3.28. The third-order valence-electron chi connectivity index (χ3n) is 3.37. The maximum absolute atomic E-state index is 4.72. The first-order valence-electron chi connectivity index (χ1n) is 7.14. The molecule has 20 heavy (non-hydrogen) atoms. The van der Waals surface area contributed by atoms with E-state index in [4.69, 9.17) is 4.98 Å². The number of hydrogen-bond donors (Lipinski definition) is 1. The summed E-state index contributed by atoms with van der Waals surface area (Å²) in [6.45, 7) is 12.2. The molecule has 0 bridgehead atoms. The zero-order valence-corrected chi connectivity index (χ0v) is 13.0. The molecule has 0 saturated heterocycles. The largest absolute Gasteiger partial charge is 0.310 e. The van der Waals surface area contributed by atoms with Crippen molar-refractivity contribution in [2.45, 2.75) is 41.2 Å². The van der Waals surface area contributed by atoms with Gasteiger partial charge in [0.2, 0.25) is 0 Å². The molecule has 0 spiro atoms. The highest BCUT2D eigenvalue weighted by Gasteiger charge is 2.10. The van der Waals surface area contributed by atoms with Crippen molar-refractivity contribution >= 4 is 0 Å². The number of nitrogens with zero attached hydrogens (tertiary/aromatic N) is 2. The Morgan fingerprint density at radius 2 is 1.60 bits per heavy atom. The Hall–Kier alpha value is -1.74. The second kappa shape index (κ2) is 6.14. The van der Waals surface area contributed by atoms with E-state index in [2.05, 4.69) is 56.2 Å². The van der Waals surface area contributed by atoms with Crippen LogP contribution in [0.2, 0.25) is 0 Å². The second-order valence-electron chi connectivity index (χ2n) is 5.36. The molecule has 1 aromatic heterocycles. The molecule has 0 aliphatic carbocycles. The molecule has 0 radical (unpaired) electrons. The molecule has 0 saturated carbocycles. The average molecular weight is 269 g/mol. The third-order valence-corrected chi connectivity index (χ3v) is 3.37. The molecule has 0 aliphatic rings. The van der Waals surface area contributed by atoms with Crippen LogP contribution in [0.5, 0.6) is 0 Å². The van der Waals surface area contributed by atoms with Crippen LogP contribution < -0.4 is 5.32 Å². The van der Waals surface area contributed by atoms with Gasteiger partial charge >= 0.3 is 0 Å². The van der Waals surface area contributed by atoms with Gasteiger partial charge in [-0.1, -0.05) is 24.6 Å². The van der Waals surface area contributed by atoms with Crippen molar-refractivity contribution in [2.75, 3.05) is 6.54 Å². The molecule has 3 heteroatoms. The molecule has 1 heterocycles. The standard InChI is InChI=1S/C17H23N3/c1-6-18-10-16-19-14(5)9-15(20-16)17-12(3)7-11(2)8-13(17)4/h7-9,18H,6,10H2,1-5H3. The number of rotatable bonds is 4. The van der Waals surface area contributed by atoms with Crippen LogP contribution in [0.3, 0.4) is 0 Å². The van der Waals surface area contributed by atoms with Gasteiger partial charge in [-0.3, -0.25) is 0 Å². The fourth-order valence-corrected chi connectivity index (χ4v) is 2.66. The summed E-state index contributed by atoms with van der Waals surface area (Å²) in [4.78, 5) is 9.22. The van der Waals surface area contributed by atoms with Gasteiger partial charge in [-0.05, 0) is 51.4 Å². The van der Waals surface area contributed by atoms with Crippen molar-refractivity contribution in [3.05, 3.63) is 46.4 Å². The van der Waals surface area contributed by atoms with E-state index in [1.54, 1.807) is 0 Å². The van der Waals surface area contributed by atoms with E-state index in [1.807, 2.05) is 6.92 Å². The fraction of sp³-hybridized carbons (Fsp3) is 0.412. The van der Waals surface area contributed by atoms with Crippen LogP contribution >= 0.6 is 0 Å². The van der Waals surface area contributed by atoms with Crippen molar-refractivity contribution in [3.63, 3.8) is 0 Å². The SMILES string of the molecule is CCNCc1nc(C)cc(-c2c(C)cc(C)cc2C)n1. The normalized spacial score (nSPS) is 10.8. The minimum absolute atomic E-state index is 0.717. The van der Waals surface area contributed by atoms with Gasteiger partial charge in [0.15, 0.2) is 0 Å². The van der Waals surface area contributed by atoms with E-state index in [9.17, 15) is 0 Å². The van der Waals surface area contributed by atoms with Crippen molar-refractivity contribution in [3.8, 4) is 11.3 Å². The van der Waals surface area contributed by atoms with Crippen molar-refractivity contribution < 1.29 is 0 Å². The van der Waals surface area contributed by atoms with E-state index < -0.39 is 0 Å². The van der Waals surface area contributed by atoms with Gasteiger partial charge in [0.25, 0.3) is 0 Å². The lowest BCUT2D eigenvalue weighted by Gasteiger charge is -2.12. The zero-order chi connectivity index (χ0) is 14.7. The molecule has 3 nitrogen and oxygen atoms in total. The van der Waals surface area contributed by atoms with Crippen molar-refractivity contribution in [1.29, 1.82) is 0 Å². The Morgan fingerprint density at radius 3 is 2.20 bits per heavy atom.